The number of hydrogen-bond acceptors (Lipinski definition) is 7. The fourth-order valence-electron chi connectivity index (χ4n) is 1.93. The third-order valence-corrected chi connectivity index (χ3v) is 5.12. The molecule has 0 atom stereocenters. The molecule has 9 heteroatoms. The van der Waals surface area contributed by atoms with Gasteiger partial charge in [-0.25, -0.2) is 9.78 Å². The smallest absolute Gasteiger partial charge is 0.413 e. The van der Waals surface area contributed by atoms with Crippen molar-refractivity contribution in [3.8, 4) is 0 Å². The third-order valence-electron chi connectivity index (χ3n) is 3.08. The summed E-state index contributed by atoms with van der Waals surface area (Å²) in [5.74, 6) is 0.512. The summed E-state index contributed by atoms with van der Waals surface area (Å²) >= 11 is 2.73. The summed E-state index contributed by atoms with van der Waals surface area (Å²) in [6.45, 7) is 5.72. The van der Waals surface area contributed by atoms with Gasteiger partial charge in [0.2, 0.25) is 5.91 Å². The summed E-state index contributed by atoms with van der Waals surface area (Å²) in [7, 11) is 0. The van der Waals surface area contributed by atoms with Gasteiger partial charge in [-0.3, -0.25) is 14.9 Å². The molecule has 2 aromatic rings. The van der Waals surface area contributed by atoms with E-state index in [1.54, 1.807) is 6.92 Å². The first-order valence-electron chi connectivity index (χ1n) is 6.95. The molecule has 23 heavy (non-hydrogen) atoms. The molecule has 0 aliphatic carbocycles. The number of carbonyl (C=O) groups excluding carboxylic acids is 2. The van der Waals surface area contributed by atoms with Crippen LogP contribution in [-0.2, 0) is 15.3 Å². The molecule has 0 aliphatic rings. The van der Waals surface area contributed by atoms with Crippen LogP contribution in [0.5, 0.6) is 0 Å². The number of hydrogen-bond donors (Lipinski definition) is 2. The van der Waals surface area contributed by atoms with E-state index < -0.39 is 12.0 Å². The van der Waals surface area contributed by atoms with Crippen molar-refractivity contribution in [1.29, 1.82) is 0 Å². The van der Waals surface area contributed by atoms with Gasteiger partial charge in [-0.2, -0.15) is 0 Å². The topological polar surface area (TPSA) is 101 Å². The van der Waals surface area contributed by atoms with E-state index in [0.717, 1.165) is 10.4 Å². The van der Waals surface area contributed by atoms with Gasteiger partial charge in [-0.05, 0) is 26.3 Å². The minimum atomic E-state index is -0.754. The maximum absolute atomic E-state index is 12.1. The molecule has 2 heterocycles. The lowest BCUT2D eigenvalue weighted by molar-refractivity contribution is -0.117. The van der Waals surface area contributed by atoms with Crippen LogP contribution >= 0.6 is 23.1 Å². The van der Waals surface area contributed by atoms with E-state index in [0.29, 0.717) is 21.8 Å². The fourth-order valence-corrected chi connectivity index (χ4v) is 3.66. The Kier molecular flexibility index (Phi) is 5.78. The Morgan fingerprint density at radius 3 is 2.83 bits per heavy atom. The number of thioether (sulfide) groups is 1. The van der Waals surface area contributed by atoms with Gasteiger partial charge in [-0.15, -0.1) is 23.1 Å². The zero-order chi connectivity index (χ0) is 17.0. The molecule has 124 valence electrons. The molecule has 7 nitrogen and oxygen atoms in total. The fraction of sp³-hybridized carbons (Fsp3) is 0.429. The second kappa shape index (κ2) is 7.60. The highest BCUT2D eigenvalue weighted by atomic mass is 32.2. The summed E-state index contributed by atoms with van der Waals surface area (Å²) in [5.41, 5.74) is 0.787. The Morgan fingerprint density at radius 2 is 2.13 bits per heavy atom. The number of nitrogens with zero attached hydrogens (tertiary/aromatic N) is 1. The van der Waals surface area contributed by atoms with Crippen molar-refractivity contribution in [2.75, 3.05) is 12.4 Å². The Hall–Kier alpha value is -1.87. The minimum absolute atomic E-state index is 0.0725. The van der Waals surface area contributed by atoms with Crippen LogP contribution in [0.2, 0.25) is 0 Å². The summed E-state index contributed by atoms with van der Waals surface area (Å²) in [6.07, 6.45) is -0.754. The standard InChI is InChI=1S/C14H17N3O4S2/c1-4-21-14(20)17-10(18)6-22-5-9-15-12(19)11-7(2)8(3)23-13(11)16-9/h4-6H2,1-3H3,(H,15,16,19)(H,17,18,20). The lowest BCUT2D eigenvalue weighted by atomic mass is 10.2. The lowest BCUT2D eigenvalue weighted by Gasteiger charge is -2.04. The second-order valence-electron chi connectivity index (χ2n) is 4.74. The number of ether oxygens (including phenoxy) is 1. The van der Waals surface area contributed by atoms with Crippen LogP contribution in [0, 0.1) is 13.8 Å². The number of carbonyl (C=O) groups is 2. The molecule has 2 amide bonds. The first-order chi connectivity index (χ1) is 10.9. The summed E-state index contributed by atoms with van der Waals surface area (Å²) in [5, 5.41) is 2.73. The number of fused-ring (bicyclic) bond motifs is 1. The highest BCUT2D eigenvalue weighted by Gasteiger charge is 2.13. The molecular formula is C14H17N3O4S2. The molecule has 0 aromatic carbocycles. The molecule has 2 N–H and O–H groups in total. The van der Waals surface area contributed by atoms with E-state index in [9.17, 15) is 14.4 Å². The Balaban J connectivity index is 1.96. The van der Waals surface area contributed by atoms with Gasteiger partial charge in [0.15, 0.2) is 0 Å². The molecule has 0 saturated heterocycles. The Bertz CT molecular complexity index is 797. The van der Waals surface area contributed by atoms with Crippen molar-refractivity contribution in [2.24, 2.45) is 0 Å². The van der Waals surface area contributed by atoms with Crippen LogP contribution in [0.25, 0.3) is 10.2 Å². The number of amides is 2. The van der Waals surface area contributed by atoms with Crippen molar-refractivity contribution in [2.45, 2.75) is 26.5 Å². The van der Waals surface area contributed by atoms with Gasteiger partial charge in [0.1, 0.15) is 10.7 Å². The molecule has 0 aliphatic heterocycles. The molecular weight excluding hydrogens is 338 g/mol. The first kappa shape index (κ1) is 17.5. The van der Waals surface area contributed by atoms with Crippen molar-refractivity contribution in [3.05, 3.63) is 26.6 Å². The van der Waals surface area contributed by atoms with Crippen molar-refractivity contribution in [1.82, 2.24) is 15.3 Å². The number of alkyl carbamates (subject to hydrolysis) is 1. The molecule has 2 rings (SSSR count). The summed E-state index contributed by atoms with van der Waals surface area (Å²) in [6, 6.07) is 0. The zero-order valence-corrected chi connectivity index (χ0v) is 14.7. The molecule has 0 fully saturated rings. The average Bonchev–Trinajstić information content (AvgIpc) is 2.74. The second-order valence-corrected chi connectivity index (χ2v) is 6.93. The minimum Gasteiger partial charge on any atom is -0.450 e. The monoisotopic (exact) mass is 355 g/mol. The predicted octanol–water partition coefficient (Wildman–Crippen LogP) is 2.11. The van der Waals surface area contributed by atoms with Crippen LogP contribution in [0.3, 0.4) is 0 Å². The van der Waals surface area contributed by atoms with Crippen LogP contribution < -0.4 is 10.9 Å². The van der Waals surface area contributed by atoms with Gasteiger partial charge in [0.05, 0.1) is 23.5 Å². The summed E-state index contributed by atoms with van der Waals surface area (Å²) in [4.78, 5) is 43.7. The number of imide groups is 1. The predicted molar refractivity (Wildman–Crippen MR) is 91.0 cm³/mol. The number of nitrogens with one attached hydrogen (secondary N) is 2. The van der Waals surface area contributed by atoms with Crippen molar-refractivity contribution in [3.63, 3.8) is 0 Å². The quantitative estimate of drug-likeness (QED) is 0.852. The number of aryl methyl sites for hydroxylation is 2. The van der Waals surface area contributed by atoms with E-state index in [1.165, 1.54) is 23.1 Å². The van der Waals surface area contributed by atoms with Gasteiger partial charge in [0.25, 0.3) is 5.56 Å². The summed E-state index contributed by atoms with van der Waals surface area (Å²) < 4.78 is 4.62. The highest BCUT2D eigenvalue weighted by molar-refractivity contribution is 7.99. The number of H-pyrrole nitrogens is 1. The van der Waals surface area contributed by atoms with Crippen molar-refractivity contribution < 1.29 is 14.3 Å². The van der Waals surface area contributed by atoms with Gasteiger partial charge >= 0.3 is 6.09 Å². The number of aromatic nitrogens is 2. The largest absolute Gasteiger partial charge is 0.450 e. The van der Waals surface area contributed by atoms with Gasteiger partial charge < -0.3 is 9.72 Å². The number of aromatic amines is 1. The molecule has 0 spiro atoms. The maximum Gasteiger partial charge on any atom is 0.413 e. The van der Waals surface area contributed by atoms with E-state index >= 15 is 0 Å². The third kappa shape index (κ3) is 4.32. The number of rotatable bonds is 5. The molecule has 0 radical (unpaired) electrons. The van der Waals surface area contributed by atoms with Crippen LogP contribution in [0.15, 0.2) is 4.79 Å². The first-order valence-corrected chi connectivity index (χ1v) is 8.92. The Morgan fingerprint density at radius 1 is 1.39 bits per heavy atom. The lowest BCUT2D eigenvalue weighted by Crippen LogP contribution is -2.32. The van der Waals surface area contributed by atoms with E-state index in [1.807, 2.05) is 13.8 Å². The molecule has 2 aromatic heterocycles. The normalized spacial score (nSPS) is 10.7. The molecule has 0 unspecified atom stereocenters. The SMILES string of the molecule is CCOC(=O)NC(=O)CSCc1nc2sc(C)c(C)c2c(=O)[nH]1. The number of thiophene rings is 1. The van der Waals surface area contributed by atoms with Crippen LogP contribution in [-0.4, -0.2) is 34.3 Å². The molecule has 0 saturated carbocycles. The van der Waals surface area contributed by atoms with Crippen LogP contribution in [0.4, 0.5) is 4.79 Å². The van der Waals surface area contributed by atoms with Crippen LogP contribution in [0.1, 0.15) is 23.2 Å². The van der Waals surface area contributed by atoms with Crippen molar-refractivity contribution >= 4 is 45.3 Å². The van der Waals surface area contributed by atoms with E-state index in [2.05, 4.69) is 20.0 Å². The van der Waals surface area contributed by atoms with Gasteiger partial charge in [0, 0.05) is 4.88 Å². The Labute approximate surface area is 140 Å². The zero-order valence-electron chi connectivity index (χ0n) is 13.0. The average molecular weight is 355 g/mol. The van der Waals surface area contributed by atoms with E-state index in [4.69, 9.17) is 0 Å². The molecule has 0 bridgehead atoms. The van der Waals surface area contributed by atoms with Gasteiger partial charge in [-0.1, -0.05) is 0 Å². The maximum atomic E-state index is 12.1. The van der Waals surface area contributed by atoms with E-state index in [-0.39, 0.29) is 17.9 Å². The highest BCUT2D eigenvalue weighted by Crippen LogP contribution is 2.26.